The lowest BCUT2D eigenvalue weighted by Crippen LogP contribution is -2.37. The number of methoxy groups -OCH3 is 1. The molecule has 0 saturated heterocycles. The van der Waals surface area contributed by atoms with Gasteiger partial charge in [0.1, 0.15) is 0 Å². The van der Waals surface area contributed by atoms with Gasteiger partial charge in [-0.05, 0) is 44.2 Å². The van der Waals surface area contributed by atoms with E-state index in [0.29, 0.717) is 23.8 Å². The van der Waals surface area contributed by atoms with Crippen molar-refractivity contribution >= 4 is 17.6 Å². The molecule has 0 heterocycles. The molecular formula is C18H26N2O3. The van der Waals surface area contributed by atoms with Gasteiger partial charge >= 0.3 is 5.97 Å². The number of nitrogens with one attached hydrogen (secondary N) is 1. The van der Waals surface area contributed by atoms with Crippen molar-refractivity contribution in [2.45, 2.75) is 44.6 Å². The van der Waals surface area contributed by atoms with E-state index in [1.807, 2.05) is 7.05 Å². The highest BCUT2D eigenvalue weighted by atomic mass is 16.5. The molecule has 1 saturated carbocycles. The van der Waals surface area contributed by atoms with Gasteiger partial charge in [0.15, 0.2) is 0 Å². The number of hydrogen-bond donors (Lipinski definition) is 1. The Labute approximate surface area is 138 Å². The van der Waals surface area contributed by atoms with E-state index in [-0.39, 0.29) is 11.9 Å². The lowest BCUT2D eigenvalue weighted by Gasteiger charge is -2.26. The summed E-state index contributed by atoms with van der Waals surface area (Å²) in [5.41, 5.74) is 1.16. The Kier molecular flexibility index (Phi) is 6.59. The molecule has 126 valence electrons. The molecular weight excluding hydrogens is 292 g/mol. The van der Waals surface area contributed by atoms with E-state index in [0.717, 1.165) is 0 Å². The highest BCUT2D eigenvalue weighted by Gasteiger charge is 2.19. The Morgan fingerprint density at radius 2 is 1.74 bits per heavy atom. The van der Waals surface area contributed by atoms with Crippen LogP contribution in [0.25, 0.3) is 0 Å². The van der Waals surface area contributed by atoms with Gasteiger partial charge < -0.3 is 10.1 Å². The first-order valence-corrected chi connectivity index (χ1v) is 8.28. The van der Waals surface area contributed by atoms with Crippen molar-refractivity contribution in [1.29, 1.82) is 0 Å². The Hall–Kier alpha value is -1.88. The number of benzene rings is 1. The van der Waals surface area contributed by atoms with Crippen LogP contribution in [0.5, 0.6) is 0 Å². The predicted octanol–water partition coefficient (Wildman–Crippen LogP) is 3.07. The number of nitrogens with zero attached hydrogens (tertiary/aromatic N) is 1. The van der Waals surface area contributed by atoms with Gasteiger partial charge in [0.25, 0.3) is 0 Å². The molecule has 0 spiro atoms. The summed E-state index contributed by atoms with van der Waals surface area (Å²) in [6.45, 7) is 0.392. The van der Waals surface area contributed by atoms with Gasteiger partial charge in [0.2, 0.25) is 5.91 Å². The van der Waals surface area contributed by atoms with E-state index in [4.69, 9.17) is 0 Å². The fraction of sp³-hybridized carbons (Fsp3) is 0.556. The Balaban J connectivity index is 1.85. The fourth-order valence-electron chi connectivity index (χ4n) is 3.06. The highest BCUT2D eigenvalue weighted by Crippen LogP contribution is 2.21. The zero-order valence-corrected chi connectivity index (χ0v) is 14.0. The predicted molar refractivity (Wildman–Crippen MR) is 90.5 cm³/mol. The number of anilines is 1. The van der Waals surface area contributed by atoms with E-state index in [9.17, 15) is 9.59 Å². The average molecular weight is 318 g/mol. The highest BCUT2D eigenvalue weighted by molar-refractivity contribution is 5.93. The second-order valence-corrected chi connectivity index (χ2v) is 6.18. The van der Waals surface area contributed by atoms with Crippen LogP contribution in [0, 0.1) is 0 Å². The number of carbonyl (C=O) groups excluding carboxylic acids is 2. The summed E-state index contributed by atoms with van der Waals surface area (Å²) in [4.78, 5) is 25.7. The fourth-order valence-corrected chi connectivity index (χ4v) is 3.06. The molecule has 0 bridgehead atoms. The summed E-state index contributed by atoms with van der Waals surface area (Å²) >= 11 is 0. The van der Waals surface area contributed by atoms with Gasteiger partial charge in [0, 0.05) is 11.7 Å². The van der Waals surface area contributed by atoms with Crippen molar-refractivity contribution in [2.75, 3.05) is 26.0 Å². The number of esters is 1. The number of ether oxygens (including phenoxy) is 1. The normalized spacial score (nSPS) is 16.0. The third kappa shape index (κ3) is 5.36. The molecule has 23 heavy (non-hydrogen) atoms. The first kappa shape index (κ1) is 17.5. The molecule has 1 aliphatic rings. The Morgan fingerprint density at radius 3 is 2.30 bits per heavy atom. The molecule has 1 N–H and O–H groups in total. The molecule has 0 aliphatic heterocycles. The Bertz CT molecular complexity index is 520. The van der Waals surface area contributed by atoms with E-state index in [2.05, 4.69) is 15.0 Å². The smallest absolute Gasteiger partial charge is 0.337 e. The van der Waals surface area contributed by atoms with Crippen LogP contribution in [0.4, 0.5) is 5.69 Å². The van der Waals surface area contributed by atoms with Crippen LogP contribution in [-0.2, 0) is 9.53 Å². The molecule has 5 heteroatoms. The van der Waals surface area contributed by atoms with E-state index < -0.39 is 0 Å². The van der Waals surface area contributed by atoms with Crippen LogP contribution in [0.3, 0.4) is 0 Å². The zero-order chi connectivity index (χ0) is 16.7. The molecule has 1 amide bonds. The quantitative estimate of drug-likeness (QED) is 0.669. The first-order chi connectivity index (χ1) is 11.1. The average Bonchev–Trinajstić information content (AvgIpc) is 2.84. The molecule has 1 aliphatic carbocycles. The lowest BCUT2D eigenvalue weighted by molar-refractivity contribution is -0.117. The molecule has 0 atom stereocenters. The summed E-state index contributed by atoms with van der Waals surface area (Å²) in [7, 11) is 3.37. The van der Waals surface area contributed by atoms with Crippen molar-refractivity contribution in [3.8, 4) is 0 Å². The second-order valence-electron chi connectivity index (χ2n) is 6.18. The standard InChI is InChI=1S/C18H26N2O3/c1-20(16-7-5-3-4-6-8-16)13-17(21)19-15-11-9-14(10-12-15)18(22)23-2/h9-12,16H,3-8,13H2,1-2H3,(H,19,21). The molecule has 0 radical (unpaired) electrons. The summed E-state index contributed by atoms with van der Waals surface area (Å²) < 4.78 is 4.65. The number of likely N-dealkylation sites (N-methyl/N-ethyl adjacent to an activating group) is 1. The van der Waals surface area contributed by atoms with Crippen LogP contribution in [0.1, 0.15) is 48.9 Å². The molecule has 5 nitrogen and oxygen atoms in total. The first-order valence-electron chi connectivity index (χ1n) is 8.28. The van der Waals surface area contributed by atoms with Gasteiger partial charge in [-0.2, -0.15) is 0 Å². The number of hydrogen-bond acceptors (Lipinski definition) is 4. The Morgan fingerprint density at radius 1 is 1.13 bits per heavy atom. The van der Waals surface area contributed by atoms with Crippen molar-refractivity contribution in [3.05, 3.63) is 29.8 Å². The SMILES string of the molecule is COC(=O)c1ccc(NC(=O)CN(C)C2CCCCCC2)cc1. The molecule has 1 aromatic rings. The van der Waals surface area contributed by atoms with Crippen LogP contribution in [0.2, 0.25) is 0 Å². The van der Waals surface area contributed by atoms with Crippen LogP contribution in [-0.4, -0.2) is 43.5 Å². The monoisotopic (exact) mass is 318 g/mol. The molecule has 1 aromatic carbocycles. The van der Waals surface area contributed by atoms with E-state index in [1.165, 1.54) is 45.6 Å². The van der Waals surface area contributed by atoms with Crippen molar-refractivity contribution < 1.29 is 14.3 Å². The minimum Gasteiger partial charge on any atom is -0.465 e. The minimum atomic E-state index is -0.379. The molecule has 0 unspecified atom stereocenters. The summed E-state index contributed by atoms with van der Waals surface area (Å²) in [6.07, 6.45) is 7.48. The molecule has 1 fully saturated rings. The van der Waals surface area contributed by atoms with Crippen molar-refractivity contribution in [1.82, 2.24) is 4.90 Å². The van der Waals surface area contributed by atoms with E-state index >= 15 is 0 Å². The third-order valence-corrected chi connectivity index (χ3v) is 4.43. The minimum absolute atomic E-state index is 0.0254. The summed E-state index contributed by atoms with van der Waals surface area (Å²) in [5.74, 6) is -0.404. The number of carbonyl (C=O) groups is 2. The second kappa shape index (κ2) is 8.67. The van der Waals surface area contributed by atoms with Crippen molar-refractivity contribution in [2.24, 2.45) is 0 Å². The maximum absolute atomic E-state index is 12.2. The van der Waals surface area contributed by atoms with Crippen molar-refractivity contribution in [3.63, 3.8) is 0 Å². The summed E-state index contributed by atoms with van der Waals surface area (Å²) in [6, 6.07) is 7.24. The van der Waals surface area contributed by atoms with Gasteiger partial charge in [-0.3, -0.25) is 9.69 Å². The summed E-state index contributed by atoms with van der Waals surface area (Å²) in [5, 5.41) is 2.88. The van der Waals surface area contributed by atoms with E-state index in [1.54, 1.807) is 24.3 Å². The van der Waals surface area contributed by atoms with Crippen LogP contribution >= 0.6 is 0 Å². The van der Waals surface area contributed by atoms with Gasteiger partial charge in [0.05, 0.1) is 19.2 Å². The van der Waals surface area contributed by atoms with Gasteiger partial charge in [-0.15, -0.1) is 0 Å². The van der Waals surface area contributed by atoms with Crippen LogP contribution < -0.4 is 5.32 Å². The molecule has 0 aromatic heterocycles. The van der Waals surface area contributed by atoms with Gasteiger partial charge in [-0.1, -0.05) is 25.7 Å². The van der Waals surface area contributed by atoms with Gasteiger partial charge in [-0.25, -0.2) is 4.79 Å². The topological polar surface area (TPSA) is 58.6 Å². The third-order valence-electron chi connectivity index (χ3n) is 4.43. The number of amides is 1. The number of rotatable bonds is 5. The maximum atomic E-state index is 12.2. The lowest BCUT2D eigenvalue weighted by atomic mass is 10.1. The molecule has 2 rings (SSSR count). The van der Waals surface area contributed by atoms with Crippen LogP contribution in [0.15, 0.2) is 24.3 Å². The largest absolute Gasteiger partial charge is 0.465 e. The maximum Gasteiger partial charge on any atom is 0.337 e. The zero-order valence-electron chi connectivity index (χ0n) is 14.0.